The Labute approximate surface area is 160 Å². The maximum absolute atomic E-state index is 12.2. The van der Waals surface area contributed by atoms with Crippen LogP contribution >= 0.6 is 0 Å². The van der Waals surface area contributed by atoms with Gasteiger partial charge in [0.2, 0.25) is 11.8 Å². The smallest absolute Gasteiger partial charge is 0.234 e. The predicted molar refractivity (Wildman–Crippen MR) is 104 cm³/mol. The van der Waals surface area contributed by atoms with E-state index in [1.165, 1.54) is 12.8 Å². The van der Waals surface area contributed by atoms with Gasteiger partial charge in [-0.15, -0.1) is 0 Å². The number of morpholine rings is 1. The molecule has 7 nitrogen and oxygen atoms in total. The maximum Gasteiger partial charge on any atom is 0.234 e. The van der Waals surface area contributed by atoms with Gasteiger partial charge in [-0.3, -0.25) is 14.5 Å². The number of rotatable bonds is 10. The van der Waals surface area contributed by atoms with Gasteiger partial charge in [0, 0.05) is 38.3 Å². The lowest BCUT2D eigenvalue weighted by molar-refractivity contribution is -0.120. The van der Waals surface area contributed by atoms with Gasteiger partial charge in [-0.1, -0.05) is 12.1 Å². The van der Waals surface area contributed by atoms with Gasteiger partial charge in [0.25, 0.3) is 0 Å². The molecule has 0 spiro atoms. The van der Waals surface area contributed by atoms with Gasteiger partial charge in [0.05, 0.1) is 19.8 Å². The molecule has 27 heavy (non-hydrogen) atoms. The van der Waals surface area contributed by atoms with E-state index >= 15 is 0 Å². The van der Waals surface area contributed by atoms with Crippen molar-refractivity contribution in [3.63, 3.8) is 0 Å². The highest BCUT2D eigenvalue weighted by Crippen LogP contribution is 2.27. The van der Waals surface area contributed by atoms with E-state index in [9.17, 15) is 9.59 Å². The third-order valence-electron chi connectivity index (χ3n) is 4.87. The molecule has 1 aromatic carbocycles. The molecule has 1 saturated heterocycles. The van der Waals surface area contributed by atoms with Gasteiger partial charge < -0.3 is 20.7 Å². The number of carbonyl (C=O) groups excluding carboxylic acids is 2. The Kier molecular flexibility index (Phi) is 7.62. The second kappa shape index (κ2) is 10.4. The number of hydrogen-bond acceptors (Lipinski definition) is 5. The highest BCUT2D eigenvalue weighted by Gasteiger charge is 2.20. The maximum atomic E-state index is 12.2. The summed E-state index contributed by atoms with van der Waals surface area (Å²) in [6, 6.07) is 7.62. The van der Waals surface area contributed by atoms with Crippen molar-refractivity contribution in [3.8, 4) is 0 Å². The van der Waals surface area contributed by atoms with Crippen LogP contribution in [0.3, 0.4) is 0 Å². The van der Waals surface area contributed by atoms with E-state index in [0.717, 1.165) is 56.6 Å². The molecule has 1 aliphatic heterocycles. The highest BCUT2D eigenvalue weighted by atomic mass is 16.5. The van der Waals surface area contributed by atoms with E-state index < -0.39 is 0 Å². The summed E-state index contributed by atoms with van der Waals surface area (Å²) in [6.07, 6.45) is 3.02. The molecule has 0 aromatic heterocycles. The van der Waals surface area contributed by atoms with Gasteiger partial charge in [-0.25, -0.2) is 0 Å². The second-order valence-corrected chi connectivity index (χ2v) is 7.30. The summed E-state index contributed by atoms with van der Waals surface area (Å²) in [5, 5.41) is 9.03. The van der Waals surface area contributed by atoms with Crippen molar-refractivity contribution in [1.82, 2.24) is 15.5 Å². The first-order chi connectivity index (χ1) is 13.2. The number of ether oxygens (including phenoxy) is 1. The van der Waals surface area contributed by atoms with Gasteiger partial charge >= 0.3 is 0 Å². The third-order valence-corrected chi connectivity index (χ3v) is 4.87. The van der Waals surface area contributed by atoms with Crippen LogP contribution in [0.2, 0.25) is 0 Å². The molecular formula is C20H30N4O3. The molecule has 3 N–H and O–H groups in total. The Morgan fingerprint density at radius 2 is 1.96 bits per heavy atom. The van der Waals surface area contributed by atoms with Gasteiger partial charge in [0.15, 0.2) is 0 Å². The van der Waals surface area contributed by atoms with Crippen molar-refractivity contribution in [2.24, 2.45) is 5.92 Å². The molecule has 1 aliphatic carbocycles. The van der Waals surface area contributed by atoms with Crippen LogP contribution in [0.15, 0.2) is 24.3 Å². The topological polar surface area (TPSA) is 82.7 Å². The van der Waals surface area contributed by atoms with Crippen LogP contribution < -0.4 is 16.0 Å². The largest absolute Gasteiger partial charge is 0.379 e. The highest BCUT2D eigenvalue weighted by molar-refractivity contribution is 5.90. The molecule has 1 aromatic rings. The molecule has 3 rings (SSSR count). The second-order valence-electron chi connectivity index (χ2n) is 7.30. The molecule has 7 heteroatoms. The molecule has 2 aliphatic rings. The average Bonchev–Trinajstić information content (AvgIpc) is 3.50. The first-order valence-corrected chi connectivity index (χ1v) is 9.85. The Bertz CT molecular complexity index is 627. The Hall–Kier alpha value is -1.96. The van der Waals surface area contributed by atoms with E-state index in [4.69, 9.17) is 4.74 Å². The lowest BCUT2D eigenvalue weighted by atomic mass is 10.2. The lowest BCUT2D eigenvalue weighted by Gasteiger charge is -2.26. The summed E-state index contributed by atoms with van der Waals surface area (Å²) in [5.41, 5.74) is 1.73. The van der Waals surface area contributed by atoms with Crippen LogP contribution in [-0.2, 0) is 20.9 Å². The molecule has 0 radical (unpaired) electrons. The van der Waals surface area contributed by atoms with Crippen LogP contribution in [0.4, 0.5) is 5.69 Å². The van der Waals surface area contributed by atoms with Crippen LogP contribution in [0.25, 0.3) is 0 Å². The fourth-order valence-electron chi connectivity index (χ4n) is 3.04. The van der Waals surface area contributed by atoms with Crippen molar-refractivity contribution in [3.05, 3.63) is 29.8 Å². The minimum atomic E-state index is -0.00407. The quantitative estimate of drug-likeness (QED) is 0.568. The van der Waals surface area contributed by atoms with Crippen LogP contribution in [0.5, 0.6) is 0 Å². The van der Waals surface area contributed by atoms with Crippen molar-refractivity contribution in [2.75, 3.05) is 51.3 Å². The van der Waals surface area contributed by atoms with E-state index in [-0.39, 0.29) is 11.8 Å². The van der Waals surface area contributed by atoms with Crippen LogP contribution in [0, 0.1) is 5.92 Å². The number of anilines is 1. The van der Waals surface area contributed by atoms with E-state index in [0.29, 0.717) is 19.5 Å². The molecule has 148 valence electrons. The standard InChI is InChI=1S/C20H30N4O3/c25-19(6-7-24-8-10-27-11-9-24)23-18-3-1-2-17(12-18)14-22-20(26)15-21-13-16-4-5-16/h1-3,12,16,21H,4-11,13-15H2,(H,22,26)(H,23,25). The Morgan fingerprint density at radius 3 is 2.74 bits per heavy atom. The third kappa shape index (κ3) is 7.66. The zero-order valence-corrected chi connectivity index (χ0v) is 15.8. The summed E-state index contributed by atoms with van der Waals surface area (Å²) >= 11 is 0. The first-order valence-electron chi connectivity index (χ1n) is 9.85. The minimum absolute atomic E-state index is 0.00407. The molecule has 0 atom stereocenters. The monoisotopic (exact) mass is 374 g/mol. The van der Waals surface area contributed by atoms with Crippen molar-refractivity contribution in [2.45, 2.75) is 25.8 Å². The Morgan fingerprint density at radius 1 is 1.15 bits per heavy atom. The lowest BCUT2D eigenvalue weighted by Crippen LogP contribution is -2.38. The van der Waals surface area contributed by atoms with E-state index in [1.54, 1.807) is 0 Å². The first kappa shape index (κ1) is 19.8. The van der Waals surface area contributed by atoms with Crippen molar-refractivity contribution >= 4 is 17.5 Å². The predicted octanol–water partition coefficient (Wildman–Crippen LogP) is 0.963. The number of amides is 2. The molecule has 1 saturated carbocycles. The molecule has 1 heterocycles. The zero-order valence-electron chi connectivity index (χ0n) is 15.8. The normalized spacial score (nSPS) is 17.5. The van der Waals surface area contributed by atoms with Crippen LogP contribution in [0.1, 0.15) is 24.8 Å². The molecule has 0 unspecified atom stereocenters. The molecule has 2 fully saturated rings. The summed E-state index contributed by atoms with van der Waals surface area (Å²) in [5.74, 6) is 0.767. The number of hydrogen-bond donors (Lipinski definition) is 3. The van der Waals surface area contributed by atoms with Crippen molar-refractivity contribution in [1.29, 1.82) is 0 Å². The summed E-state index contributed by atoms with van der Waals surface area (Å²) in [7, 11) is 0. The van der Waals surface area contributed by atoms with Gasteiger partial charge in [-0.2, -0.15) is 0 Å². The molecular weight excluding hydrogens is 344 g/mol. The molecule has 2 amide bonds. The van der Waals surface area contributed by atoms with Gasteiger partial charge in [-0.05, 0) is 43.0 Å². The minimum Gasteiger partial charge on any atom is -0.379 e. The molecule has 0 bridgehead atoms. The SMILES string of the molecule is O=C(CNCC1CC1)NCc1cccc(NC(=O)CCN2CCOCC2)c1. The van der Waals surface area contributed by atoms with Crippen molar-refractivity contribution < 1.29 is 14.3 Å². The Balaban J connectivity index is 1.35. The van der Waals surface area contributed by atoms with E-state index in [2.05, 4.69) is 20.9 Å². The van der Waals surface area contributed by atoms with E-state index in [1.807, 2.05) is 24.3 Å². The summed E-state index contributed by atoms with van der Waals surface area (Å²) in [6.45, 7) is 5.75. The fraction of sp³-hybridized carbons (Fsp3) is 0.600. The number of nitrogens with one attached hydrogen (secondary N) is 3. The summed E-state index contributed by atoms with van der Waals surface area (Å²) < 4.78 is 5.31. The zero-order chi connectivity index (χ0) is 18.9. The fourth-order valence-corrected chi connectivity index (χ4v) is 3.04. The number of benzene rings is 1. The van der Waals surface area contributed by atoms with Gasteiger partial charge in [0.1, 0.15) is 0 Å². The number of nitrogens with zero attached hydrogens (tertiary/aromatic N) is 1. The number of carbonyl (C=O) groups is 2. The average molecular weight is 374 g/mol. The summed E-state index contributed by atoms with van der Waals surface area (Å²) in [4.78, 5) is 26.3. The van der Waals surface area contributed by atoms with Crippen LogP contribution in [-0.4, -0.2) is 62.7 Å².